The number of aromatic nitrogens is 2. The van der Waals surface area contributed by atoms with Crippen molar-refractivity contribution in [3.8, 4) is 0 Å². The van der Waals surface area contributed by atoms with Crippen LogP contribution in [0.3, 0.4) is 0 Å². The van der Waals surface area contributed by atoms with E-state index in [4.69, 9.17) is 4.52 Å². The van der Waals surface area contributed by atoms with Crippen molar-refractivity contribution >= 4 is 0 Å². The zero-order valence-corrected chi connectivity index (χ0v) is 10.2. The molecule has 1 aromatic heterocycles. The van der Waals surface area contributed by atoms with Gasteiger partial charge in [-0.05, 0) is 25.8 Å². The number of hydrogen-bond acceptors (Lipinski definition) is 4. The predicted molar refractivity (Wildman–Crippen MR) is 62.3 cm³/mol. The van der Waals surface area contributed by atoms with Gasteiger partial charge in [0.05, 0.1) is 0 Å². The first-order valence-electron chi connectivity index (χ1n) is 6.31. The van der Waals surface area contributed by atoms with E-state index in [9.17, 15) is 0 Å². The minimum absolute atomic E-state index is 0.352. The fourth-order valence-corrected chi connectivity index (χ4v) is 1.76. The summed E-state index contributed by atoms with van der Waals surface area (Å²) in [6.07, 6.45) is 6.05. The first-order valence-corrected chi connectivity index (χ1v) is 6.31. The number of nitrogens with zero attached hydrogens (tertiary/aromatic N) is 2. The summed E-state index contributed by atoms with van der Waals surface area (Å²) in [6, 6.07) is 0.772. The van der Waals surface area contributed by atoms with Crippen LogP contribution >= 0.6 is 0 Å². The highest BCUT2D eigenvalue weighted by Gasteiger charge is 2.16. The fraction of sp³-hybridized carbons (Fsp3) is 0.833. The Labute approximate surface area is 96.8 Å². The highest BCUT2D eigenvalue weighted by molar-refractivity contribution is 4.91. The van der Waals surface area contributed by atoms with Crippen molar-refractivity contribution < 1.29 is 4.52 Å². The largest absolute Gasteiger partial charge is 0.339 e. The molecule has 1 heterocycles. The van der Waals surface area contributed by atoms with Gasteiger partial charge < -0.3 is 9.84 Å². The van der Waals surface area contributed by atoms with E-state index in [0.717, 1.165) is 37.1 Å². The molecule has 0 spiro atoms. The topological polar surface area (TPSA) is 51.0 Å². The minimum atomic E-state index is 0.352. The Morgan fingerprint density at radius 2 is 2.25 bits per heavy atom. The number of hydrogen-bond donors (Lipinski definition) is 1. The van der Waals surface area contributed by atoms with E-state index in [-0.39, 0.29) is 0 Å². The van der Waals surface area contributed by atoms with Crippen molar-refractivity contribution in [2.45, 2.75) is 57.9 Å². The third-order valence-electron chi connectivity index (χ3n) is 3.11. The van der Waals surface area contributed by atoms with Crippen molar-refractivity contribution in [2.75, 3.05) is 6.54 Å². The van der Waals surface area contributed by atoms with Gasteiger partial charge in [-0.2, -0.15) is 4.98 Å². The van der Waals surface area contributed by atoms with Crippen molar-refractivity contribution in [3.05, 3.63) is 11.7 Å². The molecule has 0 atom stereocenters. The van der Waals surface area contributed by atoms with Gasteiger partial charge in [-0.25, -0.2) is 0 Å². The SMILES string of the molecule is CC(C)c1noc(CCCNC2CCC2)n1. The first kappa shape index (κ1) is 11.6. The van der Waals surface area contributed by atoms with Gasteiger partial charge in [-0.1, -0.05) is 25.4 Å². The van der Waals surface area contributed by atoms with Crippen LogP contribution in [0.1, 0.15) is 57.2 Å². The quantitative estimate of drug-likeness (QED) is 0.752. The molecule has 0 saturated heterocycles. The zero-order valence-electron chi connectivity index (χ0n) is 10.2. The van der Waals surface area contributed by atoms with Gasteiger partial charge >= 0.3 is 0 Å². The van der Waals surface area contributed by atoms with Gasteiger partial charge in [-0.3, -0.25) is 0 Å². The maximum absolute atomic E-state index is 5.18. The monoisotopic (exact) mass is 223 g/mol. The minimum Gasteiger partial charge on any atom is -0.339 e. The van der Waals surface area contributed by atoms with Gasteiger partial charge in [0.1, 0.15) is 0 Å². The lowest BCUT2D eigenvalue weighted by molar-refractivity contribution is 0.331. The second kappa shape index (κ2) is 5.43. The third kappa shape index (κ3) is 3.04. The molecule has 0 aliphatic heterocycles. The van der Waals surface area contributed by atoms with Gasteiger partial charge in [0.15, 0.2) is 5.82 Å². The normalized spacial score (nSPS) is 16.7. The van der Waals surface area contributed by atoms with E-state index < -0.39 is 0 Å². The number of nitrogens with one attached hydrogen (secondary N) is 1. The van der Waals surface area contributed by atoms with Crippen LogP contribution in [-0.2, 0) is 6.42 Å². The van der Waals surface area contributed by atoms with E-state index in [1.54, 1.807) is 0 Å². The number of rotatable bonds is 6. The summed E-state index contributed by atoms with van der Waals surface area (Å²) >= 11 is 0. The van der Waals surface area contributed by atoms with Gasteiger partial charge in [0.2, 0.25) is 5.89 Å². The van der Waals surface area contributed by atoms with Crippen molar-refractivity contribution in [1.82, 2.24) is 15.5 Å². The van der Waals surface area contributed by atoms with E-state index in [1.165, 1.54) is 19.3 Å². The maximum Gasteiger partial charge on any atom is 0.226 e. The van der Waals surface area contributed by atoms with Crippen LogP contribution in [0.4, 0.5) is 0 Å². The van der Waals surface area contributed by atoms with Crippen molar-refractivity contribution in [3.63, 3.8) is 0 Å². The maximum atomic E-state index is 5.18. The Morgan fingerprint density at radius 3 is 2.81 bits per heavy atom. The molecule has 0 aromatic carbocycles. The van der Waals surface area contributed by atoms with Crippen molar-refractivity contribution in [2.24, 2.45) is 0 Å². The summed E-state index contributed by atoms with van der Waals surface area (Å²) in [4.78, 5) is 4.36. The smallest absolute Gasteiger partial charge is 0.226 e. The Bertz CT molecular complexity index is 318. The summed E-state index contributed by atoms with van der Waals surface area (Å²) in [5.74, 6) is 1.95. The van der Waals surface area contributed by atoms with Gasteiger partial charge in [0.25, 0.3) is 0 Å². The van der Waals surface area contributed by atoms with E-state index in [2.05, 4.69) is 29.3 Å². The van der Waals surface area contributed by atoms with Crippen LogP contribution in [0.2, 0.25) is 0 Å². The Morgan fingerprint density at radius 1 is 1.44 bits per heavy atom. The zero-order chi connectivity index (χ0) is 11.4. The Balaban J connectivity index is 1.64. The molecule has 2 rings (SSSR count). The van der Waals surface area contributed by atoms with Crippen LogP contribution < -0.4 is 5.32 Å². The molecule has 4 heteroatoms. The van der Waals surface area contributed by atoms with E-state index in [1.807, 2.05) is 0 Å². The van der Waals surface area contributed by atoms with Gasteiger partial charge in [0, 0.05) is 18.4 Å². The molecular weight excluding hydrogens is 202 g/mol. The van der Waals surface area contributed by atoms with E-state index >= 15 is 0 Å². The average Bonchev–Trinajstić information content (AvgIpc) is 2.63. The molecule has 1 saturated carbocycles. The molecule has 4 nitrogen and oxygen atoms in total. The highest BCUT2D eigenvalue weighted by Crippen LogP contribution is 2.17. The van der Waals surface area contributed by atoms with E-state index in [0.29, 0.717) is 5.92 Å². The molecule has 1 aliphatic rings. The van der Waals surface area contributed by atoms with Crippen LogP contribution in [0, 0.1) is 0 Å². The highest BCUT2D eigenvalue weighted by atomic mass is 16.5. The fourth-order valence-electron chi connectivity index (χ4n) is 1.76. The molecule has 16 heavy (non-hydrogen) atoms. The molecule has 0 unspecified atom stereocenters. The molecule has 90 valence electrons. The average molecular weight is 223 g/mol. The second-order valence-electron chi connectivity index (χ2n) is 4.89. The summed E-state index contributed by atoms with van der Waals surface area (Å²) in [7, 11) is 0. The summed E-state index contributed by atoms with van der Waals surface area (Å²) in [5, 5.41) is 7.48. The molecule has 0 amide bonds. The van der Waals surface area contributed by atoms with Gasteiger partial charge in [-0.15, -0.1) is 0 Å². The standard InChI is InChI=1S/C12H21N3O/c1-9(2)12-14-11(16-15-12)7-4-8-13-10-5-3-6-10/h9-10,13H,3-8H2,1-2H3. The van der Waals surface area contributed by atoms with Crippen LogP contribution in [0.15, 0.2) is 4.52 Å². The number of aryl methyl sites for hydroxylation is 1. The summed E-state index contributed by atoms with van der Waals surface area (Å²) < 4.78 is 5.18. The summed E-state index contributed by atoms with van der Waals surface area (Å²) in [6.45, 7) is 5.21. The second-order valence-corrected chi connectivity index (χ2v) is 4.89. The van der Waals surface area contributed by atoms with Crippen LogP contribution in [0.5, 0.6) is 0 Å². The Kier molecular flexibility index (Phi) is 3.93. The molecular formula is C12H21N3O. The molecule has 1 fully saturated rings. The predicted octanol–water partition coefficient (Wildman–Crippen LogP) is 2.27. The lowest BCUT2D eigenvalue weighted by Gasteiger charge is -2.26. The molecule has 0 radical (unpaired) electrons. The third-order valence-corrected chi connectivity index (χ3v) is 3.11. The molecule has 1 N–H and O–H groups in total. The van der Waals surface area contributed by atoms with Crippen molar-refractivity contribution in [1.29, 1.82) is 0 Å². The molecule has 1 aliphatic carbocycles. The lowest BCUT2D eigenvalue weighted by Crippen LogP contribution is -2.35. The van der Waals surface area contributed by atoms with Crippen LogP contribution in [-0.4, -0.2) is 22.7 Å². The first-order chi connectivity index (χ1) is 7.75. The molecule has 0 bridgehead atoms. The summed E-state index contributed by atoms with van der Waals surface area (Å²) in [5.41, 5.74) is 0. The lowest BCUT2D eigenvalue weighted by atomic mass is 9.93. The Hall–Kier alpha value is -0.900. The van der Waals surface area contributed by atoms with Crippen LogP contribution in [0.25, 0.3) is 0 Å². The molecule has 1 aromatic rings.